The molecule has 1 amide bonds. The average molecular weight is 577 g/mol. The maximum absolute atomic E-state index is 13.3. The van der Waals surface area contributed by atoms with Crippen molar-refractivity contribution in [1.82, 2.24) is 10.2 Å². The summed E-state index contributed by atoms with van der Waals surface area (Å²) in [7, 11) is 0. The monoisotopic (exact) mass is 576 g/mol. The number of carbonyl (C=O) groups excluding carboxylic acids is 1. The van der Waals surface area contributed by atoms with Crippen LogP contribution in [-0.2, 0) is 11.0 Å². The number of likely N-dealkylation sites (tertiary alicyclic amines) is 1. The number of amides is 1. The van der Waals surface area contributed by atoms with E-state index in [9.17, 15) is 41.3 Å². The van der Waals surface area contributed by atoms with E-state index in [1.807, 2.05) is 0 Å². The van der Waals surface area contributed by atoms with E-state index in [2.05, 4.69) is 10.2 Å². The van der Waals surface area contributed by atoms with Gasteiger partial charge in [-0.05, 0) is 74.8 Å². The van der Waals surface area contributed by atoms with Crippen LogP contribution < -0.4 is 10.2 Å². The molecule has 1 aromatic carbocycles. The molecule has 1 aliphatic carbocycles. The maximum atomic E-state index is 13.3. The highest BCUT2D eigenvalue weighted by molar-refractivity contribution is 5.76. The van der Waals surface area contributed by atoms with Gasteiger partial charge in [0.1, 0.15) is 5.92 Å². The van der Waals surface area contributed by atoms with E-state index < -0.39 is 34.8 Å². The standard InChI is InChI=1S/C27H34F6N4O3/c28-26(29,30)19-4-7-22(8-5-19)35-13-10-18(11-14-35)2-1-3-25(38)36-15-12-21(17-36)34-20-6-9-24(37(39)40)23(16-20)27(31,32)33/h4-5,7-8,16,18,21,23-24,34H,1-3,6,9-15,17H2/t21-,23?,24-/m1/s1. The lowest BCUT2D eigenvalue weighted by Gasteiger charge is -2.34. The molecule has 1 unspecified atom stereocenters. The Balaban J connectivity index is 1.16. The number of halogens is 6. The minimum atomic E-state index is -4.69. The molecule has 2 fully saturated rings. The van der Waals surface area contributed by atoms with Gasteiger partial charge in [-0.3, -0.25) is 14.9 Å². The SMILES string of the molecule is O=C(CCCC1CCN(c2ccc(C(F)(F)F)cc2)CC1)N1CC[C@@H](NC2=CC(C(F)(F)F)[C@H]([N+](=O)[O-])CC2)C1. The largest absolute Gasteiger partial charge is 0.416 e. The van der Waals surface area contributed by atoms with Crippen LogP contribution in [0.1, 0.15) is 56.9 Å². The zero-order valence-electron chi connectivity index (χ0n) is 22.0. The number of alkyl halides is 6. The number of allylic oxidation sites excluding steroid dienone is 1. The predicted octanol–water partition coefficient (Wildman–Crippen LogP) is 5.78. The number of carbonyl (C=O) groups is 1. The Bertz CT molecular complexity index is 1070. The Hall–Kier alpha value is -2.99. The summed E-state index contributed by atoms with van der Waals surface area (Å²) in [4.78, 5) is 26.7. The van der Waals surface area contributed by atoms with Crippen LogP contribution in [0.3, 0.4) is 0 Å². The fourth-order valence-electron chi connectivity index (χ4n) is 5.97. The number of rotatable bonds is 8. The Kier molecular flexibility index (Phi) is 9.19. The summed E-state index contributed by atoms with van der Waals surface area (Å²) >= 11 is 0. The van der Waals surface area contributed by atoms with Crippen molar-refractivity contribution in [2.45, 2.75) is 75.8 Å². The van der Waals surface area contributed by atoms with Crippen molar-refractivity contribution >= 4 is 11.6 Å². The molecule has 0 saturated carbocycles. The van der Waals surface area contributed by atoms with Crippen LogP contribution in [0.15, 0.2) is 36.0 Å². The Morgan fingerprint density at radius 1 is 1.00 bits per heavy atom. The average Bonchev–Trinajstić information content (AvgIpc) is 3.36. The van der Waals surface area contributed by atoms with Crippen LogP contribution in [0, 0.1) is 22.0 Å². The first-order valence-electron chi connectivity index (χ1n) is 13.7. The van der Waals surface area contributed by atoms with E-state index in [0.29, 0.717) is 37.5 Å². The molecule has 0 radical (unpaired) electrons. The summed E-state index contributed by atoms with van der Waals surface area (Å²) in [5.74, 6) is -1.68. The first-order chi connectivity index (χ1) is 18.8. The van der Waals surface area contributed by atoms with Gasteiger partial charge in [-0.25, -0.2) is 0 Å². The van der Waals surface area contributed by atoms with Crippen LogP contribution in [0.4, 0.5) is 32.0 Å². The summed E-state index contributed by atoms with van der Waals surface area (Å²) in [6, 6.07) is 3.34. The van der Waals surface area contributed by atoms with Crippen LogP contribution >= 0.6 is 0 Å². The molecule has 222 valence electrons. The third-order valence-corrected chi connectivity index (χ3v) is 8.26. The highest BCUT2D eigenvalue weighted by atomic mass is 19.4. The van der Waals surface area contributed by atoms with Gasteiger partial charge in [-0.2, -0.15) is 26.3 Å². The van der Waals surface area contributed by atoms with Gasteiger partial charge in [-0.1, -0.05) is 0 Å². The minimum absolute atomic E-state index is 0.00528. The lowest BCUT2D eigenvalue weighted by Crippen LogP contribution is -2.42. The van der Waals surface area contributed by atoms with Gasteiger partial charge in [0.05, 0.1) is 5.56 Å². The lowest BCUT2D eigenvalue weighted by molar-refractivity contribution is -0.540. The van der Waals surface area contributed by atoms with Gasteiger partial charge in [-0.15, -0.1) is 0 Å². The molecule has 1 aromatic rings. The van der Waals surface area contributed by atoms with Crippen LogP contribution in [-0.4, -0.2) is 60.2 Å². The van der Waals surface area contributed by atoms with Gasteiger partial charge in [0.2, 0.25) is 11.9 Å². The number of anilines is 1. The van der Waals surface area contributed by atoms with Crippen LogP contribution in [0.2, 0.25) is 0 Å². The number of nitrogens with zero attached hydrogens (tertiary/aromatic N) is 3. The molecule has 0 bridgehead atoms. The van der Waals surface area contributed by atoms with E-state index >= 15 is 0 Å². The van der Waals surface area contributed by atoms with Crippen molar-refractivity contribution in [3.63, 3.8) is 0 Å². The predicted molar refractivity (Wildman–Crippen MR) is 136 cm³/mol. The van der Waals surface area contributed by atoms with E-state index in [1.54, 1.807) is 4.90 Å². The second-order valence-corrected chi connectivity index (χ2v) is 11.0. The molecule has 40 heavy (non-hydrogen) atoms. The Morgan fingerprint density at radius 3 is 2.27 bits per heavy atom. The third-order valence-electron chi connectivity index (χ3n) is 8.26. The summed E-state index contributed by atoms with van der Waals surface area (Å²) in [5, 5.41) is 14.1. The highest BCUT2D eigenvalue weighted by Crippen LogP contribution is 2.37. The van der Waals surface area contributed by atoms with E-state index in [0.717, 1.165) is 62.7 Å². The Morgan fingerprint density at radius 2 is 1.68 bits per heavy atom. The summed E-state index contributed by atoms with van der Waals surface area (Å²) in [6.45, 7) is 2.39. The van der Waals surface area contributed by atoms with Gasteiger partial charge in [0, 0.05) is 61.4 Å². The summed E-state index contributed by atoms with van der Waals surface area (Å²) < 4.78 is 78.4. The molecule has 0 aromatic heterocycles. The molecule has 7 nitrogen and oxygen atoms in total. The zero-order chi connectivity index (χ0) is 29.1. The van der Waals surface area contributed by atoms with Gasteiger partial charge < -0.3 is 15.1 Å². The number of hydrogen-bond acceptors (Lipinski definition) is 5. The number of nitrogens with one attached hydrogen (secondary N) is 1. The van der Waals surface area contributed by atoms with Crippen molar-refractivity contribution < 1.29 is 36.1 Å². The molecular weight excluding hydrogens is 542 g/mol. The lowest BCUT2D eigenvalue weighted by atomic mass is 9.88. The van der Waals surface area contributed by atoms with Crippen LogP contribution in [0.5, 0.6) is 0 Å². The van der Waals surface area contributed by atoms with Crippen molar-refractivity contribution in [1.29, 1.82) is 0 Å². The second kappa shape index (κ2) is 12.3. The van der Waals surface area contributed by atoms with Gasteiger partial charge in [0.15, 0.2) is 0 Å². The molecular formula is C27H34F6N4O3. The molecule has 2 aliphatic heterocycles. The van der Waals surface area contributed by atoms with Crippen molar-refractivity contribution in [3.05, 3.63) is 51.7 Å². The van der Waals surface area contributed by atoms with Crippen LogP contribution in [0.25, 0.3) is 0 Å². The fourth-order valence-corrected chi connectivity index (χ4v) is 5.97. The molecule has 2 saturated heterocycles. The van der Waals surface area contributed by atoms with E-state index in [4.69, 9.17) is 0 Å². The molecule has 4 rings (SSSR count). The Labute approximate surface area is 228 Å². The highest BCUT2D eigenvalue weighted by Gasteiger charge is 2.51. The topological polar surface area (TPSA) is 78.7 Å². The molecule has 0 spiro atoms. The number of piperidine rings is 1. The summed E-state index contributed by atoms with van der Waals surface area (Å²) in [5.41, 5.74) is 0.458. The number of hydrogen-bond donors (Lipinski definition) is 1. The third kappa shape index (κ3) is 7.60. The molecule has 3 aliphatic rings. The molecule has 13 heteroatoms. The second-order valence-electron chi connectivity index (χ2n) is 11.0. The first kappa shape index (κ1) is 30.0. The van der Waals surface area contributed by atoms with E-state index in [1.165, 1.54) is 12.1 Å². The fraction of sp³-hybridized carbons (Fsp3) is 0.667. The maximum Gasteiger partial charge on any atom is 0.416 e. The normalized spacial score (nSPS) is 24.6. The molecule has 2 heterocycles. The summed E-state index contributed by atoms with van der Waals surface area (Å²) in [6.07, 6.45) is -3.75. The van der Waals surface area contributed by atoms with Gasteiger partial charge in [0.25, 0.3) is 0 Å². The zero-order valence-corrected chi connectivity index (χ0v) is 22.0. The number of benzene rings is 1. The quantitative estimate of drug-likeness (QED) is 0.241. The van der Waals surface area contributed by atoms with Crippen molar-refractivity contribution in [2.24, 2.45) is 11.8 Å². The molecule has 3 atom stereocenters. The minimum Gasteiger partial charge on any atom is -0.384 e. The number of nitro groups is 1. The van der Waals surface area contributed by atoms with Gasteiger partial charge >= 0.3 is 12.4 Å². The molecule has 1 N–H and O–H groups in total. The van der Waals surface area contributed by atoms with Crippen molar-refractivity contribution in [3.8, 4) is 0 Å². The first-order valence-corrected chi connectivity index (χ1v) is 13.7. The smallest absolute Gasteiger partial charge is 0.384 e. The van der Waals surface area contributed by atoms with Crippen molar-refractivity contribution in [2.75, 3.05) is 31.1 Å². The van der Waals surface area contributed by atoms with E-state index in [-0.39, 0.29) is 24.8 Å².